The van der Waals surface area contributed by atoms with Crippen LogP contribution in [0.25, 0.3) is 0 Å². The maximum absolute atomic E-state index is 12.3. The van der Waals surface area contributed by atoms with Crippen LogP contribution in [0.15, 0.2) is 48.5 Å². The monoisotopic (exact) mass is 368 g/mol. The van der Waals surface area contributed by atoms with Crippen molar-refractivity contribution in [3.05, 3.63) is 54.1 Å². The maximum atomic E-state index is 12.3. The van der Waals surface area contributed by atoms with E-state index in [1.807, 2.05) is 0 Å². The van der Waals surface area contributed by atoms with Crippen LogP contribution in [0.2, 0.25) is 0 Å². The lowest BCUT2D eigenvalue weighted by Crippen LogP contribution is -2.39. The second kappa shape index (κ2) is 7.77. The maximum Gasteiger partial charge on any atom is 0.319 e. The third-order valence-electron chi connectivity index (χ3n) is 4.27. The van der Waals surface area contributed by atoms with Crippen LogP contribution < -0.4 is 26.0 Å². The summed E-state index contributed by atoms with van der Waals surface area (Å²) in [6, 6.07) is 12.7. The topological polar surface area (TPSA) is 114 Å². The van der Waals surface area contributed by atoms with Crippen molar-refractivity contribution in [3.8, 4) is 5.75 Å². The Morgan fingerprint density at radius 3 is 2.37 bits per heavy atom. The van der Waals surface area contributed by atoms with E-state index in [4.69, 9.17) is 10.5 Å². The molecular weight excluding hydrogens is 348 g/mol. The number of rotatable bonds is 5. The molecule has 140 valence electrons. The Bertz CT molecular complexity index is 849. The molecule has 1 heterocycles. The molecule has 27 heavy (non-hydrogen) atoms. The Morgan fingerprint density at radius 2 is 1.78 bits per heavy atom. The van der Waals surface area contributed by atoms with Gasteiger partial charge >= 0.3 is 6.03 Å². The average Bonchev–Trinajstić information content (AvgIpc) is 3.02. The Labute approximate surface area is 156 Å². The predicted octanol–water partition coefficient (Wildman–Crippen LogP) is 1.72. The summed E-state index contributed by atoms with van der Waals surface area (Å²) in [5.74, 6) is 0.118. The van der Waals surface area contributed by atoms with Gasteiger partial charge in [-0.15, -0.1) is 0 Å². The van der Waals surface area contributed by atoms with E-state index >= 15 is 0 Å². The van der Waals surface area contributed by atoms with Crippen LogP contribution in [0.1, 0.15) is 16.8 Å². The van der Waals surface area contributed by atoms with Crippen molar-refractivity contribution in [2.24, 2.45) is 5.73 Å². The molecule has 0 aromatic heterocycles. The van der Waals surface area contributed by atoms with Crippen molar-refractivity contribution in [1.82, 2.24) is 5.32 Å². The largest absolute Gasteiger partial charge is 0.497 e. The minimum atomic E-state index is -0.533. The minimum absolute atomic E-state index is 0.0590. The fourth-order valence-corrected chi connectivity index (χ4v) is 2.89. The number of nitrogens with one attached hydrogen (secondary N) is 2. The van der Waals surface area contributed by atoms with Gasteiger partial charge in [0.15, 0.2) is 0 Å². The van der Waals surface area contributed by atoms with Gasteiger partial charge in [-0.1, -0.05) is 0 Å². The summed E-state index contributed by atoms with van der Waals surface area (Å²) in [6.07, 6.45) is 0.222. The highest BCUT2D eigenvalue weighted by Gasteiger charge is 2.31. The molecular formula is C19H20N4O4. The normalized spacial score (nSPS) is 16.1. The Balaban J connectivity index is 1.57. The van der Waals surface area contributed by atoms with Crippen LogP contribution in [0.5, 0.6) is 5.75 Å². The Morgan fingerprint density at radius 1 is 1.11 bits per heavy atom. The SMILES string of the molecule is COc1ccc(N2C[C@H](NC(=O)Nc3ccc(C(N)=O)cc3)CC2=O)cc1. The zero-order valence-electron chi connectivity index (χ0n) is 14.8. The van der Waals surface area contributed by atoms with Crippen LogP contribution in [0.3, 0.4) is 0 Å². The van der Waals surface area contributed by atoms with Gasteiger partial charge in [-0.2, -0.15) is 0 Å². The smallest absolute Gasteiger partial charge is 0.319 e. The van der Waals surface area contributed by atoms with Crippen molar-refractivity contribution in [3.63, 3.8) is 0 Å². The highest BCUT2D eigenvalue weighted by Crippen LogP contribution is 2.24. The van der Waals surface area contributed by atoms with E-state index in [1.54, 1.807) is 48.4 Å². The molecule has 3 rings (SSSR count). The summed E-state index contributed by atoms with van der Waals surface area (Å²) in [6.45, 7) is 0.388. The summed E-state index contributed by atoms with van der Waals surface area (Å²) in [5.41, 5.74) is 6.82. The van der Waals surface area contributed by atoms with E-state index < -0.39 is 11.9 Å². The quantitative estimate of drug-likeness (QED) is 0.745. The molecule has 1 fully saturated rings. The number of nitrogens with zero attached hydrogens (tertiary/aromatic N) is 1. The first-order valence-corrected chi connectivity index (χ1v) is 8.38. The average molecular weight is 368 g/mol. The molecule has 0 saturated carbocycles. The number of carbonyl (C=O) groups excluding carboxylic acids is 3. The molecule has 2 aromatic carbocycles. The standard InChI is InChI=1S/C19H20N4O4/c1-27-16-8-6-15(7-9-16)23-11-14(10-17(23)24)22-19(26)21-13-4-2-12(3-5-13)18(20)25/h2-9,14H,10-11H2,1H3,(H2,20,25)(H2,21,22,26)/t14-/m1/s1. The fourth-order valence-electron chi connectivity index (χ4n) is 2.89. The number of ether oxygens (including phenoxy) is 1. The molecule has 0 unspecified atom stereocenters. The van der Waals surface area contributed by atoms with Crippen LogP contribution in [0, 0.1) is 0 Å². The summed E-state index contributed by atoms with van der Waals surface area (Å²) in [4.78, 5) is 37.1. The lowest BCUT2D eigenvalue weighted by Gasteiger charge is -2.17. The van der Waals surface area contributed by atoms with Gasteiger partial charge in [0.05, 0.1) is 13.2 Å². The van der Waals surface area contributed by atoms with E-state index in [0.29, 0.717) is 23.5 Å². The van der Waals surface area contributed by atoms with Gasteiger partial charge in [0.2, 0.25) is 11.8 Å². The third-order valence-corrected chi connectivity index (χ3v) is 4.27. The van der Waals surface area contributed by atoms with Crippen LogP contribution in [-0.2, 0) is 4.79 Å². The molecule has 1 aliphatic rings. The van der Waals surface area contributed by atoms with Crippen molar-refractivity contribution >= 4 is 29.2 Å². The molecule has 0 radical (unpaired) electrons. The van der Waals surface area contributed by atoms with E-state index in [0.717, 1.165) is 5.69 Å². The molecule has 1 aliphatic heterocycles. The second-order valence-electron chi connectivity index (χ2n) is 6.14. The number of urea groups is 1. The first-order valence-electron chi connectivity index (χ1n) is 8.38. The molecule has 0 aliphatic carbocycles. The number of primary amides is 1. The molecule has 4 N–H and O–H groups in total. The minimum Gasteiger partial charge on any atom is -0.497 e. The van der Waals surface area contributed by atoms with Crippen LogP contribution >= 0.6 is 0 Å². The summed E-state index contributed by atoms with van der Waals surface area (Å²) in [7, 11) is 1.58. The van der Waals surface area contributed by atoms with E-state index in [-0.39, 0.29) is 18.4 Å². The van der Waals surface area contributed by atoms with Gasteiger partial charge in [0.25, 0.3) is 0 Å². The Kier molecular flexibility index (Phi) is 5.25. The van der Waals surface area contributed by atoms with Gasteiger partial charge < -0.3 is 26.0 Å². The zero-order valence-corrected chi connectivity index (χ0v) is 14.8. The predicted molar refractivity (Wildman–Crippen MR) is 101 cm³/mol. The molecule has 8 nitrogen and oxygen atoms in total. The van der Waals surface area contributed by atoms with Crippen LogP contribution in [-0.4, -0.2) is 37.5 Å². The Hall–Kier alpha value is -3.55. The lowest BCUT2D eigenvalue weighted by molar-refractivity contribution is -0.117. The first-order chi connectivity index (χ1) is 13.0. The number of methoxy groups -OCH3 is 1. The lowest BCUT2D eigenvalue weighted by atomic mass is 10.2. The van der Waals surface area contributed by atoms with Crippen molar-refractivity contribution in [2.45, 2.75) is 12.5 Å². The molecule has 1 atom stereocenters. The number of hydrogen-bond acceptors (Lipinski definition) is 4. The van der Waals surface area contributed by atoms with Gasteiger partial charge in [-0.3, -0.25) is 9.59 Å². The molecule has 1 saturated heterocycles. The number of hydrogen-bond donors (Lipinski definition) is 3. The van der Waals surface area contributed by atoms with Gasteiger partial charge in [-0.05, 0) is 48.5 Å². The molecule has 2 aromatic rings. The molecule has 0 bridgehead atoms. The first kappa shape index (κ1) is 18.2. The number of anilines is 2. The number of amides is 4. The highest BCUT2D eigenvalue weighted by molar-refractivity contribution is 5.98. The number of carbonyl (C=O) groups is 3. The second-order valence-corrected chi connectivity index (χ2v) is 6.14. The third kappa shape index (κ3) is 4.35. The van der Waals surface area contributed by atoms with E-state index in [9.17, 15) is 14.4 Å². The van der Waals surface area contributed by atoms with Crippen molar-refractivity contribution in [2.75, 3.05) is 23.9 Å². The summed E-state index contributed by atoms with van der Waals surface area (Å²) < 4.78 is 5.12. The van der Waals surface area contributed by atoms with Crippen molar-refractivity contribution < 1.29 is 19.1 Å². The van der Waals surface area contributed by atoms with Gasteiger partial charge in [0, 0.05) is 29.9 Å². The molecule has 8 heteroatoms. The summed E-state index contributed by atoms with van der Waals surface area (Å²) in [5, 5.41) is 5.46. The fraction of sp³-hybridized carbons (Fsp3) is 0.211. The van der Waals surface area contributed by atoms with Crippen molar-refractivity contribution in [1.29, 1.82) is 0 Å². The number of nitrogens with two attached hydrogens (primary N) is 1. The van der Waals surface area contributed by atoms with Gasteiger partial charge in [0.1, 0.15) is 5.75 Å². The van der Waals surface area contributed by atoms with E-state index in [2.05, 4.69) is 10.6 Å². The summed E-state index contributed by atoms with van der Waals surface area (Å²) >= 11 is 0. The zero-order chi connectivity index (χ0) is 19.4. The van der Waals surface area contributed by atoms with E-state index in [1.165, 1.54) is 12.1 Å². The molecule has 0 spiro atoms. The highest BCUT2D eigenvalue weighted by atomic mass is 16.5. The number of benzene rings is 2. The van der Waals surface area contributed by atoms with Crippen LogP contribution in [0.4, 0.5) is 16.2 Å². The molecule has 4 amide bonds. The van der Waals surface area contributed by atoms with Gasteiger partial charge in [-0.25, -0.2) is 4.79 Å².